The molecule has 3 atom stereocenters. The number of rotatable bonds is 7. The number of nitrogens with one attached hydrogen (secondary N) is 1. The normalized spacial score (nSPS) is 22.6. The van der Waals surface area contributed by atoms with Crippen molar-refractivity contribution < 1.29 is 9.53 Å². The zero-order valence-electron chi connectivity index (χ0n) is 22.9. The number of thioether (sulfide) groups is 1. The highest BCUT2D eigenvalue weighted by Crippen LogP contribution is 2.42. The van der Waals surface area contributed by atoms with Crippen LogP contribution in [0.1, 0.15) is 60.4 Å². The number of hydrogen-bond donors (Lipinski definition) is 1. The molecule has 198 valence electrons. The van der Waals surface area contributed by atoms with E-state index in [1.165, 1.54) is 41.5 Å². The van der Waals surface area contributed by atoms with E-state index in [1.807, 2.05) is 48.5 Å². The van der Waals surface area contributed by atoms with Gasteiger partial charge in [0.2, 0.25) is 0 Å². The number of nitrogens with zero attached hydrogens (tertiary/aromatic N) is 1. The van der Waals surface area contributed by atoms with E-state index in [2.05, 4.69) is 62.2 Å². The van der Waals surface area contributed by atoms with Crippen LogP contribution >= 0.6 is 11.8 Å². The SMILES string of the molecule is Cc1cc(C)c(COc2ccc(/C=C3\SC(Nc4ccccc4)N([C@@H]4CCCC[C@H]4C)C3=O)cc2)c(C)c1. The Labute approximate surface area is 231 Å². The summed E-state index contributed by atoms with van der Waals surface area (Å²) >= 11 is 1.62. The van der Waals surface area contributed by atoms with Crippen LogP contribution in [-0.4, -0.2) is 22.3 Å². The summed E-state index contributed by atoms with van der Waals surface area (Å²) in [6.07, 6.45) is 6.71. The van der Waals surface area contributed by atoms with Gasteiger partial charge in [0, 0.05) is 11.7 Å². The van der Waals surface area contributed by atoms with Crippen molar-refractivity contribution in [1.29, 1.82) is 0 Å². The molecule has 0 bridgehead atoms. The van der Waals surface area contributed by atoms with E-state index in [0.717, 1.165) is 28.3 Å². The molecule has 1 aliphatic carbocycles. The highest BCUT2D eigenvalue weighted by atomic mass is 32.2. The van der Waals surface area contributed by atoms with Crippen LogP contribution in [0.15, 0.2) is 71.6 Å². The molecule has 1 N–H and O–H groups in total. The summed E-state index contributed by atoms with van der Waals surface area (Å²) in [7, 11) is 0. The minimum Gasteiger partial charge on any atom is -0.489 e. The van der Waals surface area contributed by atoms with Crippen molar-refractivity contribution in [1.82, 2.24) is 4.90 Å². The van der Waals surface area contributed by atoms with Gasteiger partial charge in [-0.1, -0.05) is 79.6 Å². The molecular formula is C33H38N2O2S. The summed E-state index contributed by atoms with van der Waals surface area (Å²) in [6, 6.07) is 22.9. The summed E-state index contributed by atoms with van der Waals surface area (Å²) in [5, 5.41) is 3.62. The van der Waals surface area contributed by atoms with Crippen molar-refractivity contribution in [3.8, 4) is 5.75 Å². The van der Waals surface area contributed by atoms with Crippen molar-refractivity contribution in [3.05, 3.63) is 99.5 Å². The summed E-state index contributed by atoms with van der Waals surface area (Å²) in [4.78, 5) is 16.6. The van der Waals surface area contributed by atoms with E-state index in [4.69, 9.17) is 4.74 Å². The maximum Gasteiger partial charge on any atom is 0.262 e. The van der Waals surface area contributed by atoms with Gasteiger partial charge in [-0.25, -0.2) is 0 Å². The van der Waals surface area contributed by atoms with Gasteiger partial charge in [0.1, 0.15) is 12.4 Å². The predicted molar refractivity (Wildman–Crippen MR) is 159 cm³/mol. The smallest absolute Gasteiger partial charge is 0.262 e. The zero-order chi connectivity index (χ0) is 26.6. The Morgan fingerprint density at radius 1 is 0.974 bits per heavy atom. The molecule has 1 heterocycles. The second kappa shape index (κ2) is 11.7. The van der Waals surface area contributed by atoms with Gasteiger partial charge in [0.05, 0.1) is 4.91 Å². The first kappa shape index (κ1) is 26.4. The Morgan fingerprint density at radius 2 is 1.66 bits per heavy atom. The second-order valence-corrected chi connectivity index (χ2v) is 11.9. The zero-order valence-corrected chi connectivity index (χ0v) is 23.7. The van der Waals surface area contributed by atoms with E-state index in [9.17, 15) is 4.79 Å². The number of para-hydroxylation sites is 1. The highest BCUT2D eigenvalue weighted by molar-refractivity contribution is 8.05. The lowest BCUT2D eigenvalue weighted by atomic mass is 9.85. The van der Waals surface area contributed by atoms with Crippen LogP contribution in [0.4, 0.5) is 5.69 Å². The molecule has 1 saturated heterocycles. The Hall–Kier alpha value is -3.18. The molecule has 4 nitrogen and oxygen atoms in total. The van der Waals surface area contributed by atoms with Crippen LogP contribution in [0.5, 0.6) is 5.75 Å². The van der Waals surface area contributed by atoms with Crippen LogP contribution in [0.25, 0.3) is 6.08 Å². The first-order chi connectivity index (χ1) is 18.4. The van der Waals surface area contributed by atoms with E-state index in [-0.39, 0.29) is 17.4 Å². The lowest BCUT2D eigenvalue weighted by Gasteiger charge is -2.39. The standard InChI is InChI=1S/C33H38N2O2S/c1-22-18-24(3)29(25(4)19-22)21-37-28-16-14-26(15-17-28)20-31-32(36)35(30-13-9-8-10-23(30)2)33(38-31)34-27-11-6-5-7-12-27/h5-7,11-12,14-20,23,30,33-34H,8-10,13,21H2,1-4H3/b31-20-/t23-,30-,33?/m1/s1. The van der Waals surface area contributed by atoms with E-state index in [0.29, 0.717) is 12.5 Å². The van der Waals surface area contributed by atoms with Crippen molar-refractivity contribution in [2.75, 3.05) is 5.32 Å². The third kappa shape index (κ3) is 5.94. The third-order valence-corrected chi connectivity index (χ3v) is 8.94. The lowest BCUT2D eigenvalue weighted by Crippen LogP contribution is -2.48. The Balaban J connectivity index is 1.32. The molecule has 3 aromatic rings. The van der Waals surface area contributed by atoms with Crippen LogP contribution in [0.2, 0.25) is 0 Å². The topological polar surface area (TPSA) is 41.6 Å². The quantitative estimate of drug-likeness (QED) is 0.316. The van der Waals surface area contributed by atoms with Crippen molar-refractivity contribution in [3.63, 3.8) is 0 Å². The molecule has 2 fully saturated rings. The minimum absolute atomic E-state index is 0.106. The molecule has 5 rings (SSSR count). The van der Waals surface area contributed by atoms with Crippen molar-refractivity contribution in [2.24, 2.45) is 5.92 Å². The molecule has 3 aromatic carbocycles. The number of amides is 1. The van der Waals surface area contributed by atoms with Gasteiger partial charge in [0.25, 0.3) is 5.91 Å². The van der Waals surface area contributed by atoms with Gasteiger partial charge in [-0.05, 0) is 92.1 Å². The number of carbonyl (C=O) groups is 1. The van der Waals surface area contributed by atoms with Gasteiger partial charge in [-0.3, -0.25) is 4.79 Å². The Morgan fingerprint density at radius 3 is 2.34 bits per heavy atom. The van der Waals surface area contributed by atoms with Crippen molar-refractivity contribution in [2.45, 2.75) is 71.5 Å². The summed E-state index contributed by atoms with van der Waals surface area (Å²) in [6.45, 7) is 9.25. The first-order valence-corrected chi connectivity index (χ1v) is 14.6. The molecule has 0 spiro atoms. The molecule has 0 radical (unpaired) electrons. The number of ether oxygens (including phenoxy) is 1. The van der Waals surface area contributed by atoms with Gasteiger partial charge in [0.15, 0.2) is 5.50 Å². The van der Waals surface area contributed by atoms with Crippen LogP contribution in [-0.2, 0) is 11.4 Å². The number of anilines is 1. The molecule has 1 aliphatic heterocycles. The third-order valence-electron chi connectivity index (χ3n) is 7.83. The van der Waals surface area contributed by atoms with Gasteiger partial charge in [-0.2, -0.15) is 0 Å². The molecule has 38 heavy (non-hydrogen) atoms. The average molecular weight is 527 g/mol. The molecule has 2 aliphatic rings. The number of hydrogen-bond acceptors (Lipinski definition) is 4. The summed E-state index contributed by atoms with van der Waals surface area (Å²) in [5.74, 6) is 1.47. The lowest BCUT2D eigenvalue weighted by molar-refractivity contribution is -0.129. The van der Waals surface area contributed by atoms with Crippen LogP contribution < -0.4 is 10.1 Å². The average Bonchev–Trinajstić information content (AvgIpc) is 3.19. The molecule has 5 heteroatoms. The Bertz CT molecular complexity index is 1280. The second-order valence-electron chi connectivity index (χ2n) is 10.8. The molecule has 1 saturated carbocycles. The minimum atomic E-state index is -0.106. The van der Waals surface area contributed by atoms with Gasteiger partial charge in [-0.15, -0.1) is 0 Å². The largest absolute Gasteiger partial charge is 0.489 e. The fourth-order valence-corrected chi connectivity index (χ4v) is 6.98. The van der Waals surface area contributed by atoms with Crippen LogP contribution in [0, 0.1) is 26.7 Å². The monoisotopic (exact) mass is 526 g/mol. The van der Waals surface area contributed by atoms with E-state index in [1.54, 1.807) is 11.8 Å². The number of carbonyl (C=O) groups excluding carboxylic acids is 1. The number of aryl methyl sites for hydroxylation is 3. The molecule has 0 aromatic heterocycles. The first-order valence-electron chi connectivity index (χ1n) is 13.7. The van der Waals surface area contributed by atoms with Gasteiger partial charge >= 0.3 is 0 Å². The molecule has 1 amide bonds. The summed E-state index contributed by atoms with van der Waals surface area (Å²) in [5.41, 5.74) is 6.97. The van der Waals surface area contributed by atoms with E-state index < -0.39 is 0 Å². The number of benzene rings is 3. The van der Waals surface area contributed by atoms with Crippen LogP contribution in [0.3, 0.4) is 0 Å². The van der Waals surface area contributed by atoms with E-state index >= 15 is 0 Å². The highest BCUT2D eigenvalue weighted by Gasteiger charge is 2.42. The summed E-state index contributed by atoms with van der Waals surface area (Å²) < 4.78 is 6.12. The maximum atomic E-state index is 13.7. The molecular weight excluding hydrogens is 488 g/mol. The maximum absolute atomic E-state index is 13.7. The molecule has 1 unspecified atom stereocenters. The fraction of sp³-hybridized carbons (Fsp3) is 0.364. The fourth-order valence-electron chi connectivity index (χ4n) is 5.77. The van der Waals surface area contributed by atoms with Crippen molar-refractivity contribution >= 4 is 29.4 Å². The van der Waals surface area contributed by atoms with Gasteiger partial charge < -0.3 is 15.0 Å². The predicted octanol–water partition coefficient (Wildman–Crippen LogP) is 8.08. The Kier molecular flexibility index (Phi) is 8.13.